The third-order valence-corrected chi connectivity index (χ3v) is 3.23. The Morgan fingerprint density at radius 3 is 2.71 bits per heavy atom. The number of halogens is 1. The Kier molecular flexibility index (Phi) is 4.88. The Balaban J connectivity index is 1.91. The number of nitrogens with zero attached hydrogens (tertiary/aromatic N) is 3. The van der Waals surface area contributed by atoms with Crippen LogP contribution in [0.1, 0.15) is 33.6 Å². The lowest BCUT2D eigenvalue weighted by Crippen LogP contribution is -2.49. The Hall–Kier alpha value is -1.56. The predicted molar refractivity (Wildman–Crippen MR) is 81.6 cm³/mol. The molecule has 0 saturated carbocycles. The van der Waals surface area contributed by atoms with E-state index in [4.69, 9.17) is 16.3 Å². The third kappa shape index (κ3) is 5.04. The molecular weight excluding hydrogens is 292 g/mol. The van der Waals surface area contributed by atoms with E-state index in [1.54, 1.807) is 12.4 Å². The van der Waals surface area contributed by atoms with E-state index in [1.165, 1.54) is 0 Å². The average Bonchev–Trinajstić information content (AvgIpc) is 2.37. The lowest BCUT2D eigenvalue weighted by molar-refractivity contribution is 0.0500. The van der Waals surface area contributed by atoms with Crippen LogP contribution < -0.4 is 10.2 Å². The maximum atomic E-state index is 11.8. The van der Waals surface area contributed by atoms with Crippen LogP contribution in [-0.2, 0) is 4.74 Å². The predicted octanol–water partition coefficient (Wildman–Crippen LogP) is 2.62. The number of ether oxygens (including phenoxy) is 1. The molecule has 1 saturated heterocycles. The number of rotatable bonds is 2. The first kappa shape index (κ1) is 15.8. The molecule has 0 aromatic carbocycles. The van der Waals surface area contributed by atoms with Gasteiger partial charge in [-0.2, -0.15) is 0 Å². The van der Waals surface area contributed by atoms with E-state index in [0.717, 1.165) is 19.4 Å². The minimum absolute atomic E-state index is 0.0351. The van der Waals surface area contributed by atoms with Crippen LogP contribution in [0.25, 0.3) is 0 Å². The molecular formula is C14H21ClN4O2. The van der Waals surface area contributed by atoms with Gasteiger partial charge in [0.15, 0.2) is 0 Å². The van der Waals surface area contributed by atoms with E-state index in [-0.39, 0.29) is 12.1 Å². The number of carbonyl (C=O) groups is 1. The Morgan fingerprint density at radius 2 is 2.10 bits per heavy atom. The summed E-state index contributed by atoms with van der Waals surface area (Å²) in [6.45, 7) is 7.08. The van der Waals surface area contributed by atoms with E-state index in [9.17, 15) is 4.79 Å². The molecule has 0 aliphatic carbocycles. The second-order valence-corrected chi connectivity index (χ2v) is 6.57. The van der Waals surface area contributed by atoms with Crippen LogP contribution in [0.2, 0.25) is 5.02 Å². The number of hydrogen-bond donors (Lipinski definition) is 1. The van der Waals surface area contributed by atoms with Crippen molar-refractivity contribution in [3.05, 3.63) is 17.4 Å². The molecule has 0 spiro atoms. The summed E-state index contributed by atoms with van der Waals surface area (Å²) in [5, 5.41) is 3.42. The highest BCUT2D eigenvalue weighted by Gasteiger charge is 2.25. The summed E-state index contributed by atoms with van der Waals surface area (Å²) in [6, 6.07) is 0.0351. The van der Waals surface area contributed by atoms with Crippen molar-refractivity contribution >= 4 is 23.6 Å². The van der Waals surface area contributed by atoms with Crippen LogP contribution >= 0.6 is 11.6 Å². The third-order valence-electron chi connectivity index (χ3n) is 3.03. The molecule has 1 aromatic rings. The highest BCUT2D eigenvalue weighted by atomic mass is 35.5. The van der Waals surface area contributed by atoms with Crippen molar-refractivity contribution in [1.82, 2.24) is 15.3 Å². The van der Waals surface area contributed by atoms with E-state index in [0.29, 0.717) is 17.5 Å². The zero-order valence-electron chi connectivity index (χ0n) is 12.6. The molecule has 116 valence electrons. The molecule has 2 rings (SSSR count). The lowest BCUT2D eigenvalue weighted by atomic mass is 10.1. The Bertz CT molecular complexity index is 487. The average molecular weight is 313 g/mol. The van der Waals surface area contributed by atoms with Crippen LogP contribution in [-0.4, -0.2) is 40.8 Å². The van der Waals surface area contributed by atoms with Crippen molar-refractivity contribution in [2.24, 2.45) is 0 Å². The van der Waals surface area contributed by atoms with Crippen molar-refractivity contribution in [1.29, 1.82) is 0 Å². The maximum Gasteiger partial charge on any atom is 0.407 e. The number of piperidine rings is 1. The largest absolute Gasteiger partial charge is 0.444 e. The van der Waals surface area contributed by atoms with Gasteiger partial charge in [-0.15, -0.1) is 0 Å². The van der Waals surface area contributed by atoms with Gasteiger partial charge in [0.1, 0.15) is 5.60 Å². The fourth-order valence-electron chi connectivity index (χ4n) is 2.22. The molecule has 1 amide bonds. The quantitative estimate of drug-likeness (QED) is 0.909. The van der Waals surface area contributed by atoms with Crippen LogP contribution in [0, 0.1) is 0 Å². The molecule has 6 nitrogen and oxygen atoms in total. The molecule has 1 aliphatic rings. The number of carbonyl (C=O) groups excluding carboxylic acids is 1. The van der Waals surface area contributed by atoms with Crippen LogP contribution in [0.5, 0.6) is 0 Å². The summed E-state index contributed by atoms with van der Waals surface area (Å²) in [5.41, 5.74) is -0.488. The summed E-state index contributed by atoms with van der Waals surface area (Å²) >= 11 is 5.79. The fourth-order valence-corrected chi connectivity index (χ4v) is 2.32. The van der Waals surface area contributed by atoms with Crippen LogP contribution in [0.4, 0.5) is 10.7 Å². The fraction of sp³-hybridized carbons (Fsp3) is 0.643. The Morgan fingerprint density at radius 1 is 1.43 bits per heavy atom. The molecule has 0 radical (unpaired) electrons. The summed E-state index contributed by atoms with van der Waals surface area (Å²) in [5.74, 6) is 0.634. The van der Waals surface area contributed by atoms with Gasteiger partial charge in [0.25, 0.3) is 0 Å². The number of amides is 1. The summed E-state index contributed by atoms with van der Waals surface area (Å²) in [6.07, 6.45) is 4.66. The standard InChI is InChI=1S/C14H21ClN4O2/c1-14(2,3)21-13(20)18-11-5-4-6-19(9-11)12-16-7-10(15)8-17-12/h7-8,11H,4-6,9H2,1-3H3,(H,18,20). The number of alkyl carbamates (subject to hydrolysis) is 1. The molecule has 1 aromatic heterocycles. The SMILES string of the molecule is CC(C)(C)OC(=O)NC1CCCN(c2ncc(Cl)cn2)C1. The molecule has 1 N–H and O–H groups in total. The number of nitrogens with one attached hydrogen (secondary N) is 1. The summed E-state index contributed by atoms with van der Waals surface area (Å²) in [4.78, 5) is 22.3. The first-order valence-electron chi connectivity index (χ1n) is 7.05. The van der Waals surface area contributed by atoms with Crippen molar-refractivity contribution < 1.29 is 9.53 Å². The van der Waals surface area contributed by atoms with Gasteiger partial charge in [0.2, 0.25) is 5.95 Å². The highest BCUT2D eigenvalue weighted by molar-refractivity contribution is 6.30. The van der Waals surface area contributed by atoms with Gasteiger partial charge in [0.05, 0.1) is 17.4 Å². The zero-order valence-corrected chi connectivity index (χ0v) is 13.4. The zero-order chi connectivity index (χ0) is 15.5. The topological polar surface area (TPSA) is 67.3 Å². The number of hydrogen-bond acceptors (Lipinski definition) is 5. The monoisotopic (exact) mass is 312 g/mol. The van der Waals surface area contributed by atoms with E-state index >= 15 is 0 Å². The Labute approximate surface area is 129 Å². The molecule has 1 atom stereocenters. The normalized spacial score (nSPS) is 19.2. The second kappa shape index (κ2) is 6.47. The van der Waals surface area contributed by atoms with Gasteiger partial charge in [-0.25, -0.2) is 14.8 Å². The van der Waals surface area contributed by atoms with Crippen molar-refractivity contribution in [2.75, 3.05) is 18.0 Å². The van der Waals surface area contributed by atoms with Gasteiger partial charge in [-0.1, -0.05) is 11.6 Å². The van der Waals surface area contributed by atoms with Gasteiger partial charge >= 0.3 is 6.09 Å². The molecule has 21 heavy (non-hydrogen) atoms. The molecule has 7 heteroatoms. The first-order chi connectivity index (χ1) is 9.83. The molecule has 1 fully saturated rings. The molecule has 2 heterocycles. The molecule has 1 unspecified atom stereocenters. The maximum absolute atomic E-state index is 11.8. The lowest BCUT2D eigenvalue weighted by Gasteiger charge is -2.33. The first-order valence-corrected chi connectivity index (χ1v) is 7.43. The van der Waals surface area contributed by atoms with Crippen LogP contribution in [0.15, 0.2) is 12.4 Å². The second-order valence-electron chi connectivity index (χ2n) is 6.13. The van der Waals surface area contributed by atoms with Gasteiger partial charge in [0, 0.05) is 19.1 Å². The highest BCUT2D eigenvalue weighted by Crippen LogP contribution is 2.17. The van der Waals surface area contributed by atoms with Gasteiger partial charge in [-0.3, -0.25) is 0 Å². The van der Waals surface area contributed by atoms with E-state index < -0.39 is 5.60 Å². The van der Waals surface area contributed by atoms with Crippen LogP contribution in [0.3, 0.4) is 0 Å². The van der Waals surface area contributed by atoms with Crippen molar-refractivity contribution in [2.45, 2.75) is 45.3 Å². The van der Waals surface area contributed by atoms with Gasteiger partial charge in [-0.05, 0) is 33.6 Å². The smallest absolute Gasteiger partial charge is 0.407 e. The molecule has 1 aliphatic heterocycles. The minimum atomic E-state index is -0.488. The van der Waals surface area contributed by atoms with Gasteiger partial charge < -0.3 is 15.0 Å². The minimum Gasteiger partial charge on any atom is -0.444 e. The summed E-state index contributed by atoms with van der Waals surface area (Å²) in [7, 11) is 0. The number of aromatic nitrogens is 2. The van der Waals surface area contributed by atoms with E-state index in [2.05, 4.69) is 15.3 Å². The van der Waals surface area contributed by atoms with Crippen molar-refractivity contribution in [3.63, 3.8) is 0 Å². The number of anilines is 1. The van der Waals surface area contributed by atoms with E-state index in [1.807, 2.05) is 25.7 Å². The molecule has 0 bridgehead atoms. The van der Waals surface area contributed by atoms with Crippen molar-refractivity contribution in [3.8, 4) is 0 Å². The summed E-state index contributed by atoms with van der Waals surface area (Å²) < 4.78 is 5.28.